The van der Waals surface area contributed by atoms with Crippen LogP contribution in [0.3, 0.4) is 0 Å². The summed E-state index contributed by atoms with van der Waals surface area (Å²) in [7, 11) is 0. The normalized spacial score (nSPS) is 12.0. The second kappa shape index (κ2) is 3.52. The van der Waals surface area contributed by atoms with Crippen molar-refractivity contribution in [3.8, 4) is 0 Å². The van der Waals surface area contributed by atoms with Crippen molar-refractivity contribution in [3.05, 3.63) is 35.0 Å². The fourth-order valence-corrected chi connectivity index (χ4v) is 1.77. The Bertz CT molecular complexity index is 543. The molecule has 0 spiro atoms. The molecular formula is C10H6ClF3N2. The molecule has 0 unspecified atom stereocenters. The molecule has 2 nitrogen and oxygen atoms in total. The smallest absolute Gasteiger partial charge is 0.383 e. The fraction of sp³-hybridized carbons (Fsp3) is 0.100. The number of nitrogens with zero attached hydrogens (tertiary/aromatic N) is 1. The maximum Gasteiger partial charge on any atom is 0.418 e. The van der Waals surface area contributed by atoms with E-state index in [9.17, 15) is 13.2 Å². The van der Waals surface area contributed by atoms with E-state index in [1.807, 2.05) is 0 Å². The molecule has 2 N–H and O–H groups in total. The number of rotatable bonds is 0. The molecule has 0 fully saturated rings. The molecule has 0 bridgehead atoms. The number of pyridine rings is 1. The van der Waals surface area contributed by atoms with E-state index in [4.69, 9.17) is 17.3 Å². The van der Waals surface area contributed by atoms with Gasteiger partial charge in [0, 0.05) is 17.0 Å². The average molecular weight is 247 g/mol. The zero-order chi connectivity index (χ0) is 11.9. The second-order valence-corrected chi connectivity index (χ2v) is 3.62. The minimum absolute atomic E-state index is 0.00593. The number of anilines is 1. The van der Waals surface area contributed by atoms with E-state index >= 15 is 0 Å². The zero-order valence-electron chi connectivity index (χ0n) is 7.85. The lowest BCUT2D eigenvalue weighted by Crippen LogP contribution is -2.07. The van der Waals surface area contributed by atoms with E-state index in [1.165, 1.54) is 18.2 Å². The van der Waals surface area contributed by atoms with Crippen LogP contribution < -0.4 is 5.73 Å². The first kappa shape index (κ1) is 11.0. The summed E-state index contributed by atoms with van der Waals surface area (Å²) in [5, 5.41) is 0.264. The van der Waals surface area contributed by atoms with Crippen LogP contribution in [0.1, 0.15) is 5.56 Å². The lowest BCUT2D eigenvalue weighted by Gasteiger charge is -2.11. The number of fused-ring (bicyclic) bond motifs is 1. The Kier molecular flexibility index (Phi) is 2.42. The predicted molar refractivity (Wildman–Crippen MR) is 56.2 cm³/mol. The van der Waals surface area contributed by atoms with Crippen LogP contribution in [-0.4, -0.2) is 4.98 Å². The summed E-state index contributed by atoms with van der Waals surface area (Å²) < 4.78 is 38.0. The van der Waals surface area contributed by atoms with Crippen LogP contribution in [-0.2, 0) is 6.18 Å². The largest absolute Gasteiger partial charge is 0.418 e. The van der Waals surface area contributed by atoms with Gasteiger partial charge in [-0.1, -0.05) is 23.7 Å². The first-order valence-electron chi connectivity index (χ1n) is 4.31. The number of halogens is 4. The van der Waals surface area contributed by atoms with Crippen LogP contribution in [0.4, 0.5) is 19.0 Å². The number of alkyl halides is 3. The van der Waals surface area contributed by atoms with Crippen molar-refractivity contribution in [2.24, 2.45) is 0 Å². The van der Waals surface area contributed by atoms with Gasteiger partial charge in [0.1, 0.15) is 5.82 Å². The molecular weight excluding hydrogens is 241 g/mol. The van der Waals surface area contributed by atoms with E-state index < -0.39 is 11.7 Å². The Balaban J connectivity index is 2.90. The van der Waals surface area contributed by atoms with Crippen molar-refractivity contribution in [2.75, 3.05) is 5.73 Å². The van der Waals surface area contributed by atoms with Crippen molar-refractivity contribution in [1.82, 2.24) is 4.98 Å². The number of aromatic nitrogens is 1. The first-order chi connectivity index (χ1) is 7.41. The van der Waals surface area contributed by atoms with Gasteiger partial charge in [-0.15, -0.1) is 0 Å². The first-order valence-corrected chi connectivity index (χ1v) is 4.69. The molecule has 0 radical (unpaired) electrons. The molecule has 1 aromatic carbocycles. The Hall–Kier alpha value is -1.49. The van der Waals surface area contributed by atoms with Gasteiger partial charge in [-0.2, -0.15) is 13.2 Å². The third-order valence-corrected chi connectivity index (χ3v) is 2.51. The van der Waals surface area contributed by atoms with Crippen LogP contribution in [0, 0.1) is 0 Å². The van der Waals surface area contributed by atoms with Gasteiger partial charge < -0.3 is 5.73 Å². The average Bonchev–Trinajstić information content (AvgIpc) is 2.16. The molecule has 1 heterocycles. The van der Waals surface area contributed by atoms with Gasteiger partial charge in [0.25, 0.3) is 0 Å². The summed E-state index contributed by atoms with van der Waals surface area (Å²) >= 11 is 5.80. The molecule has 16 heavy (non-hydrogen) atoms. The van der Waals surface area contributed by atoms with Crippen LogP contribution in [0.15, 0.2) is 24.4 Å². The summed E-state index contributed by atoms with van der Waals surface area (Å²) in [5.41, 5.74) is 4.67. The quantitative estimate of drug-likeness (QED) is 0.773. The van der Waals surface area contributed by atoms with Gasteiger partial charge in [0.15, 0.2) is 0 Å². The minimum Gasteiger partial charge on any atom is -0.383 e. The van der Waals surface area contributed by atoms with Gasteiger partial charge in [-0.25, -0.2) is 4.98 Å². The second-order valence-electron chi connectivity index (χ2n) is 3.22. The number of nitrogens with two attached hydrogens (primary N) is 1. The third-order valence-electron chi connectivity index (χ3n) is 2.20. The van der Waals surface area contributed by atoms with Crippen molar-refractivity contribution in [1.29, 1.82) is 0 Å². The minimum atomic E-state index is -4.47. The maximum absolute atomic E-state index is 12.7. The highest BCUT2D eigenvalue weighted by molar-refractivity contribution is 6.36. The summed E-state index contributed by atoms with van der Waals surface area (Å²) in [4.78, 5) is 3.51. The lowest BCUT2D eigenvalue weighted by atomic mass is 10.1. The fourth-order valence-electron chi connectivity index (χ4n) is 1.50. The van der Waals surface area contributed by atoms with E-state index in [1.54, 1.807) is 0 Å². The summed E-state index contributed by atoms with van der Waals surface area (Å²) in [6, 6.07) is 4.24. The van der Waals surface area contributed by atoms with Gasteiger partial charge in [-0.3, -0.25) is 0 Å². The number of nitrogen functional groups attached to an aromatic ring is 1. The molecule has 0 saturated heterocycles. The zero-order valence-corrected chi connectivity index (χ0v) is 8.60. The molecule has 1 aromatic heterocycles. The number of hydrogen-bond donors (Lipinski definition) is 1. The molecule has 0 amide bonds. The Morgan fingerprint density at radius 2 is 1.94 bits per heavy atom. The topological polar surface area (TPSA) is 38.9 Å². The maximum atomic E-state index is 12.7. The van der Waals surface area contributed by atoms with Gasteiger partial charge >= 0.3 is 6.18 Å². The summed E-state index contributed by atoms with van der Waals surface area (Å²) in [6.45, 7) is 0. The highest BCUT2D eigenvalue weighted by Crippen LogP contribution is 2.37. The predicted octanol–water partition coefficient (Wildman–Crippen LogP) is 3.49. The van der Waals surface area contributed by atoms with Gasteiger partial charge in [-0.05, 0) is 6.07 Å². The van der Waals surface area contributed by atoms with Gasteiger partial charge in [0.05, 0.1) is 10.6 Å². The molecule has 0 aliphatic carbocycles. The Morgan fingerprint density at radius 3 is 2.56 bits per heavy atom. The lowest BCUT2D eigenvalue weighted by molar-refractivity contribution is -0.136. The molecule has 84 valence electrons. The van der Waals surface area contributed by atoms with Crippen LogP contribution in [0.2, 0.25) is 5.02 Å². The van der Waals surface area contributed by atoms with Crippen LogP contribution in [0.25, 0.3) is 10.8 Å². The Morgan fingerprint density at radius 1 is 1.25 bits per heavy atom. The van der Waals surface area contributed by atoms with E-state index in [0.29, 0.717) is 6.20 Å². The molecule has 0 aliphatic heterocycles. The van der Waals surface area contributed by atoms with Crippen LogP contribution >= 0.6 is 11.6 Å². The standard InChI is InChI=1S/C10H6ClF3N2/c11-7-3-1-2-5-6(10(12,13)14)4-16-9(15)8(5)7/h1-4H,(H2,15,16). The van der Waals surface area contributed by atoms with Crippen molar-refractivity contribution in [2.45, 2.75) is 6.18 Å². The SMILES string of the molecule is Nc1ncc(C(F)(F)F)c2cccc(Cl)c12. The molecule has 2 rings (SSSR count). The monoisotopic (exact) mass is 246 g/mol. The molecule has 0 saturated carbocycles. The highest BCUT2D eigenvalue weighted by atomic mass is 35.5. The van der Waals surface area contributed by atoms with Crippen molar-refractivity contribution >= 4 is 28.2 Å². The van der Waals surface area contributed by atoms with Crippen molar-refractivity contribution < 1.29 is 13.2 Å². The third kappa shape index (κ3) is 1.67. The Labute approximate surface area is 93.8 Å². The van der Waals surface area contributed by atoms with Gasteiger partial charge in [0.2, 0.25) is 0 Å². The number of benzene rings is 1. The molecule has 6 heteroatoms. The molecule has 2 aromatic rings. The number of hydrogen-bond acceptors (Lipinski definition) is 2. The van der Waals surface area contributed by atoms with E-state index in [-0.39, 0.29) is 21.6 Å². The van der Waals surface area contributed by atoms with Crippen molar-refractivity contribution in [3.63, 3.8) is 0 Å². The molecule has 0 aliphatic rings. The van der Waals surface area contributed by atoms with E-state index in [2.05, 4.69) is 4.98 Å². The summed E-state index contributed by atoms with van der Waals surface area (Å²) in [6.07, 6.45) is -3.75. The van der Waals surface area contributed by atoms with E-state index in [0.717, 1.165) is 0 Å². The summed E-state index contributed by atoms with van der Waals surface area (Å²) in [5.74, 6) is -0.00593. The highest BCUT2D eigenvalue weighted by Gasteiger charge is 2.33. The van der Waals surface area contributed by atoms with Crippen LogP contribution in [0.5, 0.6) is 0 Å². The molecule has 0 atom stereocenters.